The van der Waals surface area contributed by atoms with Gasteiger partial charge >= 0.3 is 0 Å². The smallest absolute Gasteiger partial charge is 0.194 e. The number of pyridine rings is 1. The van der Waals surface area contributed by atoms with Crippen LogP contribution in [0.25, 0.3) is 0 Å². The fourth-order valence-corrected chi connectivity index (χ4v) is 1.57. The third kappa shape index (κ3) is 1.63. The molecule has 0 amide bonds. The fraction of sp³-hybridized carbons (Fsp3) is 0.125. The Morgan fingerprint density at radius 2 is 2.25 bits per heavy atom. The van der Waals surface area contributed by atoms with Crippen molar-refractivity contribution in [3.05, 3.63) is 23.9 Å². The van der Waals surface area contributed by atoms with Gasteiger partial charge in [0.1, 0.15) is 0 Å². The third-order valence-electron chi connectivity index (χ3n) is 1.28. The molecule has 0 fully saturated rings. The van der Waals surface area contributed by atoms with E-state index in [0.717, 1.165) is 6.26 Å². The van der Waals surface area contributed by atoms with Crippen LogP contribution in [-0.2, 0) is 9.84 Å². The monoisotopic (exact) mass is 181 g/mol. The van der Waals surface area contributed by atoms with Crippen LogP contribution in [0.1, 0.15) is 5.56 Å². The number of terminal acetylenes is 1. The van der Waals surface area contributed by atoms with Gasteiger partial charge in [-0.2, -0.15) is 0 Å². The van der Waals surface area contributed by atoms with Gasteiger partial charge in [-0.05, 0) is 12.1 Å². The van der Waals surface area contributed by atoms with Gasteiger partial charge in [-0.3, -0.25) is 0 Å². The van der Waals surface area contributed by atoms with Crippen molar-refractivity contribution in [1.82, 2.24) is 4.98 Å². The lowest BCUT2D eigenvalue weighted by atomic mass is 10.3. The molecule has 0 saturated carbocycles. The van der Waals surface area contributed by atoms with Crippen molar-refractivity contribution in [2.75, 3.05) is 6.26 Å². The molecule has 0 bridgehead atoms. The molecule has 1 rings (SSSR count). The minimum absolute atomic E-state index is 0.0347. The van der Waals surface area contributed by atoms with Crippen LogP contribution in [0.15, 0.2) is 23.4 Å². The van der Waals surface area contributed by atoms with Gasteiger partial charge in [0.25, 0.3) is 0 Å². The van der Waals surface area contributed by atoms with Crippen molar-refractivity contribution < 1.29 is 8.42 Å². The van der Waals surface area contributed by atoms with Crippen LogP contribution in [0.3, 0.4) is 0 Å². The molecule has 0 spiro atoms. The van der Waals surface area contributed by atoms with Crippen molar-refractivity contribution in [3.63, 3.8) is 0 Å². The Balaban J connectivity index is 3.47. The van der Waals surface area contributed by atoms with E-state index in [9.17, 15) is 8.42 Å². The van der Waals surface area contributed by atoms with Crippen LogP contribution in [-0.4, -0.2) is 19.7 Å². The highest BCUT2D eigenvalue weighted by atomic mass is 32.2. The molecule has 1 aromatic rings. The first-order valence-corrected chi connectivity index (χ1v) is 5.06. The van der Waals surface area contributed by atoms with Crippen LogP contribution in [0.4, 0.5) is 0 Å². The van der Waals surface area contributed by atoms with Gasteiger partial charge in [0, 0.05) is 12.5 Å². The zero-order valence-corrected chi connectivity index (χ0v) is 7.30. The maximum atomic E-state index is 11.1. The summed E-state index contributed by atoms with van der Waals surface area (Å²) < 4.78 is 22.1. The Labute approximate surface area is 71.4 Å². The highest BCUT2D eigenvalue weighted by molar-refractivity contribution is 7.90. The molecule has 0 radical (unpaired) electrons. The summed E-state index contributed by atoms with van der Waals surface area (Å²) >= 11 is 0. The molecule has 0 unspecified atom stereocenters. The zero-order valence-electron chi connectivity index (χ0n) is 6.48. The molecule has 0 saturated heterocycles. The van der Waals surface area contributed by atoms with E-state index in [2.05, 4.69) is 10.9 Å². The zero-order chi connectivity index (χ0) is 9.19. The van der Waals surface area contributed by atoms with Crippen LogP contribution < -0.4 is 0 Å². The van der Waals surface area contributed by atoms with Gasteiger partial charge in [-0.25, -0.2) is 13.4 Å². The number of sulfone groups is 1. The molecule has 62 valence electrons. The Bertz CT molecular complexity index is 429. The molecular weight excluding hydrogens is 174 g/mol. The molecule has 4 heteroatoms. The Kier molecular flexibility index (Phi) is 2.15. The minimum Gasteiger partial charge on any atom is -0.244 e. The highest BCUT2D eigenvalue weighted by Crippen LogP contribution is 2.09. The first kappa shape index (κ1) is 8.75. The van der Waals surface area contributed by atoms with Crippen LogP contribution >= 0.6 is 0 Å². The Morgan fingerprint density at radius 1 is 1.58 bits per heavy atom. The van der Waals surface area contributed by atoms with Crippen molar-refractivity contribution >= 4 is 9.84 Å². The van der Waals surface area contributed by atoms with Gasteiger partial charge in [-0.15, -0.1) is 6.42 Å². The second kappa shape index (κ2) is 2.95. The van der Waals surface area contributed by atoms with Crippen LogP contribution in [0.2, 0.25) is 0 Å². The van der Waals surface area contributed by atoms with Gasteiger partial charge in [0.15, 0.2) is 14.9 Å². The van der Waals surface area contributed by atoms with Gasteiger partial charge in [0.2, 0.25) is 0 Å². The van der Waals surface area contributed by atoms with E-state index in [1.807, 2.05) is 0 Å². The summed E-state index contributed by atoms with van der Waals surface area (Å²) in [6.45, 7) is 0. The van der Waals surface area contributed by atoms with E-state index in [4.69, 9.17) is 6.42 Å². The molecule has 12 heavy (non-hydrogen) atoms. The predicted octanol–water partition coefficient (Wildman–Crippen LogP) is 0.466. The average molecular weight is 181 g/mol. The van der Waals surface area contributed by atoms with Crippen LogP contribution in [0, 0.1) is 12.3 Å². The molecule has 0 aliphatic carbocycles. The number of hydrogen-bond acceptors (Lipinski definition) is 3. The lowest BCUT2D eigenvalue weighted by Gasteiger charge is -1.98. The molecule has 0 aliphatic heterocycles. The molecule has 1 aromatic heterocycles. The SMILES string of the molecule is C#Cc1cccnc1S(C)(=O)=O. The second-order valence-corrected chi connectivity index (χ2v) is 4.20. The summed E-state index contributed by atoms with van der Waals surface area (Å²) in [6, 6.07) is 3.15. The lowest BCUT2D eigenvalue weighted by Crippen LogP contribution is -2.02. The number of nitrogens with zero attached hydrogens (tertiary/aromatic N) is 1. The van der Waals surface area contributed by atoms with Crippen molar-refractivity contribution in [3.8, 4) is 12.3 Å². The van der Waals surface area contributed by atoms with Crippen molar-refractivity contribution in [2.45, 2.75) is 5.03 Å². The number of hydrogen-bond donors (Lipinski definition) is 0. The molecule has 0 aliphatic rings. The van der Waals surface area contributed by atoms with E-state index in [1.165, 1.54) is 6.20 Å². The lowest BCUT2D eigenvalue weighted by molar-refractivity contribution is 0.598. The maximum Gasteiger partial charge on any atom is 0.194 e. The summed E-state index contributed by atoms with van der Waals surface area (Å²) in [7, 11) is -3.30. The normalized spacial score (nSPS) is 10.7. The first-order chi connectivity index (χ1) is 5.55. The largest absolute Gasteiger partial charge is 0.244 e. The standard InChI is InChI=1S/C8H7NO2S/c1-3-7-5-4-6-9-8(7)12(2,10)11/h1,4-6H,2H3. The third-order valence-corrected chi connectivity index (χ3v) is 2.31. The molecule has 3 nitrogen and oxygen atoms in total. The summed E-state index contributed by atoms with van der Waals surface area (Å²) in [5.41, 5.74) is 0.306. The van der Waals surface area contributed by atoms with E-state index < -0.39 is 9.84 Å². The van der Waals surface area contributed by atoms with E-state index in [1.54, 1.807) is 12.1 Å². The molecule has 1 heterocycles. The van der Waals surface area contributed by atoms with Gasteiger partial charge in [-0.1, -0.05) is 5.92 Å². The molecular formula is C8H7NO2S. The van der Waals surface area contributed by atoms with Gasteiger partial charge in [0.05, 0.1) is 5.56 Å². The van der Waals surface area contributed by atoms with Crippen molar-refractivity contribution in [2.24, 2.45) is 0 Å². The topological polar surface area (TPSA) is 47.0 Å². The van der Waals surface area contributed by atoms with E-state index in [-0.39, 0.29) is 5.03 Å². The summed E-state index contributed by atoms with van der Waals surface area (Å²) in [6.07, 6.45) is 7.57. The maximum absolute atomic E-state index is 11.1. The Hall–Kier alpha value is -1.34. The fourth-order valence-electron chi connectivity index (χ4n) is 0.796. The predicted molar refractivity (Wildman–Crippen MR) is 45.3 cm³/mol. The van der Waals surface area contributed by atoms with E-state index >= 15 is 0 Å². The molecule has 0 aromatic carbocycles. The summed E-state index contributed by atoms with van der Waals surface area (Å²) in [4.78, 5) is 3.69. The summed E-state index contributed by atoms with van der Waals surface area (Å²) in [5.74, 6) is 2.26. The quantitative estimate of drug-likeness (QED) is 0.591. The van der Waals surface area contributed by atoms with Crippen molar-refractivity contribution in [1.29, 1.82) is 0 Å². The first-order valence-electron chi connectivity index (χ1n) is 3.17. The van der Waals surface area contributed by atoms with E-state index in [0.29, 0.717) is 5.56 Å². The highest BCUT2D eigenvalue weighted by Gasteiger charge is 2.12. The average Bonchev–Trinajstić information content (AvgIpc) is 2.03. The summed E-state index contributed by atoms with van der Waals surface area (Å²) in [5, 5.41) is -0.0347. The molecule has 0 atom stereocenters. The number of rotatable bonds is 1. The van der Waals surface area contributed by atoms with Gasteiger partial charge < -0.3 is 0 Å². The second-order valence-electron chi connectivity index (χ2n) is 2.27. The number of aromatic nitrogens is 1. The molecule has 0 N–H and O–H groups in total. The Morgan fingerprint density at radius 3 is 2.67 bits per heavy atom. The minimum atomic E-state index is -3.30. The van der Waals surface area contributed by atoms with Crippen LogP contribution in [0.5, 0.6) is 0 Å².